The molecular formula is C72H96N4O6. The van der Waals surface area contributed by atoms with E-state index in [-0.39, 0.29) is 46.4 Å². The van der Waals surface area contributed by atoms with Crippen LogP contribution in [0.5, 0.6) is 34.5 Å². The summed E-state index contributed by atoms with van der Waals surface area (Å²) in [4.78, 5) is 13.8. The van der Waals surface area contributed by atoms with E-state index in [0.717, 1.165) is 140 Å². The van der Waals surface area contributed by atoms with Gasteiger partial charge in [0.1, 0.15) is 60.9 Å². The van der Waals surface area contributed by atoms with Gasteiger partial charge in [-0.1, -0.05) is 156 Å². The van der Waals surface area contributed by atoms with Crippen molar-refractivity contribution < 1.29 is 29.2 Å². The molecule has 0 atom stereocenters. The fourth-order valence-corrected chi connectivity index (χ4v) is 10.3. The van der Waals surface area contributed by atoms with Crippen LogP contribution in [-0.2, 0) is 47.3 Å². The van der Waals surface area contributed by atoms with Crippen LogP contribution in [0, 0.1) is 0 Å². The Morgan fingerprint density at radius 3 is 0.951 bits per heavy atom. The Hall–Kier alpha value is -6.62. The zero-order valence-electron chi connectivity index (χ0n) is 52.6. The third kappa shape index (κ3) is 17.2. The standard InChI is InChI=1S/C72H96N4O6/c1-69(2,3)59-39-51-35-55-43-61(71(7,8)9)45-57(67(55)81-33-31-79-63-25-19-17-23-49(63)47-73-27-21-29-75(13)14)37-53-41-60(70(4,5)6)42-54(66(53)78)38-58-46-62(72(10,11)12)44-56(36-52(40-59)65(51)77)68(58)82-34-32-80-64-26-20-18-24-50(64)48-74-28-22-30-76(15)16/h17-20,23-26,39-48,77-78H,21-22,27-38H2,1-16H3. The van der Waals surface area contributed by atoms with Gasteiger partial charge in [-0.2, -0.15) is 0 Å². The molecule has 0 spiro atoms. The van der Waals surface area contributed by atoms with E-state index in [0.29, 0.717) is 38.9 Å². The van der Waals surface area contributed by atoms with Gasteiger partial charge in [0.15, 0.2) is 0 Å². The summed E-state index contributed by atoms with van der Waals surface area (Å²) in [5, 5.41) is 25.8. The van der Waals surface area contributed by atoms with Gasteiger partial charge >= 0.3 is 0 Å². The smallest absolute Gasteiger partial charge is 0.128 e. The number of hydrogen-bond donors (Lipinski definition) is 2. The Morgan fingerprint density at radius 2 is 0.671 bits per heavy atom. The molecule has 0 heterocycles. The average Bonchev–Trinajstić information content (AvgIpc) is 3.60. The average molecular weight is 1110 g/mol. The van der Waals surface area contributed by atoms with E-state index in [4.69, 9.17) is 28.9 Å². The van der Waals surface area contributed by atoms with Crippen LogP contribution < -0.4 is 18.9 Å². The van der Waals surface area contributed by atoms with Crippen molar-refractivity contribution >= 4 is 12.4 Å². The van der Waals surface area contributed by atoms with Crippen molar-refractivity contribution in [3.8, 4) is 34.5 Å². The van der Waals surface area contributed by atoms with Crippen LogP contribution in [0.4, 0.5) is 0 Å². The first kappa shape index (κ1) is 63.0. The van der Waals surface area contributed by atoms with Crippen molar-refractivity contribution in [1.29, 1.82) is 0 Å². The van der Waals surface area contributed by atoms with Crippen molar-refractivity contribution in [1.82, 2.24) is 9.80 Å². The number of nitrogens with zero attached hydrogens (tertiary/aromatic N) is 4. The number of fused-ring (bicyclic) bond motifs is 8. The summed E-state index contributed by atoms with van der Waals surface area (Å²) in [7, 11) is 8.31. The molecule has 6 aromatic rings. The number of ether oxygens (including phenoxy) is 4. The number of phenolic OH excluding ortho intramolecular Hbond substituents is 2. The summed E-state index contributed by atoms with van der Waals surface area (Å²) in [6.45, 7) is 31.3. The van der Waals surface area contributed by atoms with Crippen molar-refractivity contribution in [3.63, 3.8) is 0 Å². The van der Waals surface area contributed by atoms with Gasteiger partial charge in [0, 0.05) is 62.3 Å². The van der Waals surface area contributed by atoms with Gasteiger partial charge in [-0.05, 0) is 167 Å². The maximum Gasteiger partial charge on any atom is 0.128 e. The quantitative estimate of drug-likeness (QED) is 0.0574. The minimum absolute atomic E-state index is 0.233. The van der Waals surface area contributed by atoms with Gasteiger partial charge in [0.25, 0.3) is 0 Å². The van der Waals surface area contributed by atoms with Crippen LogP contribution in [0.25, 0.3) is 0 Å². The van der Waals surface area contributed by atoms with Crippen molar-refractivity contribution in [2.24, 2.45) is 9.98 Å². The molecule has 0 unspecified atom stereocenters. The van der Waals surface area contributed by atoms with Gasteiger partial charge < -0.3 is 39.0 Å². The molecule has 0 amide bonds. The van der Waals surface area contributed by atoms with Gasteiger partial charge in [0.2, 0.25) is 0 Å². The molecule has 0 aliphatic heterocycles. The minimum atomic E-state index is -0.242. The molecule has 2 N–H and O–H groups in total. The zero-order valence-corrected chi connectivity index (χ0v) is 52.6. The van der Waals surface area contributed by atoms with Crippen molar-refractivity contribution in [2.45, 2.75) is 143 Å². The molecule has 82 heavy (non-hydrogen) atoms. The maximum absolute atomic E-state index is 12.9. The first-order valence-electron chi connectivity index (χ1n) is 29.7. The van der Waals surface area contributed by atoms with E-state index >= 15 is 0 Å². The summed E-state index contributed by atoms with van der Waals surface area (Å²) in [5.74, 6) is 3.47. The Labute approximate surface area is 492 Å². The predicted octanol–water partition coefficient (Wildman–Crippen LogP) is 14.6. The number of aliphatic imine (C=N–C) groups is 2. The highest BCUT2D eigenvalue weighted by atomic mass is 16.5. The van der Waals surface area contributed by atoms with E-state index in [1.54, 1.807) is 0 Å². The number of para-hydroxylation sites is 2. The normalized spacial score (nSPS) is 13.4. The molecule has 10 heteroatoms. The Balaban J connectivity index is 1.35. The summed E-state index contributed by atoms with van der Waals surface area (Å²) in [6.07, 6.45) is 7.36. The van der Waals surface area contributed by atoms with E-state index in [1.807, 2.05) is 61.0 Å². The van der Waals surface area contributed by atoms with Crippen LogP contribution in [0.3, 0.4) is 0 Å². The lowest BCUT2D eigenvalue weighted by Crippen LogP contribution is -2.18. The van der Waals surface area contributed by atoms with Crippen LogP contribution in [0.1, 0.15) is 174 Å². The van der Waals surface area contributed by atoms with Gasteiger partial charge in [-0.15, -0.1) is 0 Å². The lowest BCUT2D eigenvalue weighted by Gasteiger charge is -2.28. The third-order valence-electron chi connectivity index (χ3n) is 15.3. The molecule has 7 rings (SSSR count). The fourth-order valence-electron chi connectivity index (χ4n) is 10.3. The molecule has 1 aliphatic carbocycles. The Bertz CT molecular complexity index is 2870. The molecule has 0 saturated carbocycles. The first-order valence-corrected chi connectivity index (χ1v) is 29.7. The number of rotatable bonds is 20. The van der Waals surface area contributed by atoms with E-state index < -0.39 is 0 Å². The zero-order chi connectivity index (χ0) is 59.6. The molecule has 6 aromatic carbocycles. The molecule has 0 radical (unpaired) electrons. The topological polar surface area (TPSA) is 109 Å². The summed E-state index contributed by atoms with van der Waals surface area (Å²) in [6, 6.07) is 33.8. The molecule has 10 nitrogen and oxygen atoms in total. The molecule has 0 fully saturated rings. The molecule has 0 saturated heterocycles. The van der Waals surface area contributed by atoms with Crippen LogP contribution in [0.15, 0.2) is 107 Å². The first-order chi connectivity index (χ1) is 38.6. The second-order valence-electron chi connectivity index (χ2n) is 27.1. The van der Waals surface area contributed by atoms with Gasteiger partial charge in [0.05, 0.1) is 0 Å². The third-order valence-corrected chi connectivity index (χ3v) is 15.3. The highest BCUT2D eigenvalue weighted by Gasteiger charge is 2.29. The largest absolute Gasteiger partial charge is 0.507 e. The second kappa shape index (κ2) is 27.2. The number of phenols is 2. The molecule has 8 bridgehead atoms. The Morgan fingerprint density at radius 1 is 0.402 bits per heavy atom. The number of aromatic hydroxyl groups is 2. The van der Waals surface area contributed by atoms with E-state index in [1.165, 1.54) is 0 Å². The number of benzene rings is 6. The van der Waals surface area contributed by atoms with Gasteiger partial charge in [-0.3, -0.25) is 9.98 Å². The summed E-state index contributed by atoms with van der Waals surface area (Å²) < 4.78 is 27.1. The van der Waals surface area contributed by atoms with E-state index in [2.05, 4.69) is 170 Å². The maximum atomic E-state index is 12.9. The van der Waals surface area contributed by atoms with Crippen molar-refractivity contribution in [2.75, 3.05) is 80.8 Å². The van der Waals surface area contributed by atoms with Crippen LogP contribution >= 0.6 is 0 Å². The molecule has 1 aliphatic rings. The molecule has 0 aromatic heterocycles. The number of hydrogen-bond acceptors (Lipinski definition) is 10. The van der Waals surface area contributed by atoms with Crippen molar-refractivity contribution in [3.05, 3.63) is 175 Å². The SMILES string of the molecule is CN(C)CCCN=Cc1ccccc1OCCOc1c2cc(C(C)(C)C)cc1Cc1cc(C(C)(C)C)cc(c1O)Cc1cc(C(C)(C)C)cc(c1OCCOc1ccccc1C=NCCCN(C)C)Cc1cc(C(C)(C)C)cc(c1O)C2. The van der Waals surface area contributed by atoms with E-state index in [9.17, 15) is 10.2 Å². The lowest BCUT2D eigenvalue weighted by molar-refractivity contribution is 0.214. The molecule has 440 valence electrons. The highest BCUT2D eigenvalue weighted by molar-refractivity contribution is 5.84. The predicted molar refractivity (Wildman–Crippen MR) is 341 cm³/mol. The highest BCUT2D eigenvalue weighted by Crippen LogP contribution is 2.44. The summed E-state index contributed by atoms with van der Waals surface area (Å²) >= 11 is 0. The van der Waals surface area contributed by atoms with Gasteiger partial charge in [-0.25, -0.2) is 0 Å². The fraction of sp³-hybridized carbons (Fsp3) is 0.472. The van der Waals surface area contributed by atoms with Crippen LogP contribution in [0.2, 0.25) is 0 Å². The monoisotopic (exact) mass is 1110 g/mol. The lowest BCUT2D eigenvalue weighted by atomic mass is 9.79. The summed E-state index contributed by atoms with van der Waals surface area (Å²) in [5.41, 5.74) is 12.5. The second-order valence-corrected chi connectivity index (χ2v) is 27.1. The molecular weight excluding hydrogens is 1020 g/mol. The minimum Gasteiger partial charge on any atom is -0.507 e. The van der Waals surface area contributed by atoms with Crippen LogP contribution in [-0.4, -0.2) is 113 Å². The Kier molecular flexibility index (Phi) is 20.9.